The summed E-state index contributed by atoms with van der Waals surface area (Å²) in [5.74, 6) is 0.861. The Morgan fingerprint density at radius 3 is 2.86 bits per heavy atom. The summed E-state index contributed by atoms with van der Waals surface area (Å²) in [6, 6.07) is 14.2. The van der Waals surface area contributed by atoms with E-state index in [-0.39, 0.29) is 12.1 Å². The van der Waals surface area contributed by atoms with Gasteiger partial charge < -0.3 is 15.2 Å². The molecule has 1 heterocycles. The van der Waals surface area contributed by atoms with Crippen molar-refractivity contribution < 1.29 is 9.47 Å². The van der Waals surface area contributed by atoms with E-state index in [4.69, 9.17) is 15.2 Å². The molecule has 110 valence electrons. The summed E-state index contributed by atoms with van der Waals surface area (Å²) in [7, 11) is 1.71. The smallest absolute Gasteiger partial charge is 0.126 e. The van der Waals surface area contributed by atoms with Gasteiger partial charge in [-0.25, -0.2) is 0 Å². The van der Waals surface area contributed by atoms with Crippen LogP contribution >= 0.6 is 15.9 Å². The third-order valence-electron chi connectivity index (χ3n) is 3.81. The molecule has 2 N–H and O–H groups in total. The molecule has 2 atom stereocenters. The maximum atomic E-state index is 6.32. The van der Waals surface area contributed by atoms with Gasteiger partial charge in [-0.05, 0) is 23.3 Å². The number of halogens is 1. The molecule has 0 radical (unpaired) electrons. The van der Waals surface area contributed by atoms with Gasteiger partial charge in [0, 0.05) is 29.6 Å². The molecular formula is C17H18BrNO2. The van der Waals surface area contributed by atoms with Crippen LogP contribution in [0.1, 0.15) is 35.3 Å². The van der Waals surface area contributed by atoms with Crippen LogP contribution in [0.4, 0.5) is 0 Å². The summed E-state index contributed by atoms with van der Waals surface area (Å²) in [5.41, 5.74) is 9.69. The maximum Gasteiger partial charge on any atom is 0.126 e. The first-order valence-corrected chi connectivity index (χ1v) is 7.76. The molecule has 0 saturated heterocycles. The van der Waals surface area contributed by atoms with Crippen molar-refractivity contribution in [2.75, 3.05) is 7.11 Å². The van der Waals surface area contributed by atoms with E-state index in [9.17, 15) is 0 Å². The average molecular weight is 348 g/mol. The second-order valence-corrected chi connectivity index (χ2v) is 6.18. The molecule has 2 unspecified atom stereocenters. The van der Waals surface area contributed by atoms with Crippen LogP contribution in [0.15, 0.2) is 46.9 Å². The monoisotopic (exact) mass is 347 g/mol. The fourth-order valence-electron chi connectivity index (χ4n) is 2.80. The van der Waals surface area contributed by atoms with Gasteiger partial charge in [-0.3, -0.25) is 0 Å². The first kappa shape index (κ1) is 14.6. The number of hydrogen-bond acceptors (Lipinski definition) is 3. The van der Waals surface area contributed by atoms with E-state index in [1.165, 1.54) is 0 Å². The predicted octanol–water partition coefficient (Wildman–Crippen LogP) is 4.12. The Balaban J connectivity index is 1.95. The second kappa shape index (κ2) is 6.18. The Kier molecular flexibility index (Phi) is 4.29. The van der Waals surface area contributed by atoms with E-state index in [0.717, 1.165) is 33.3 Å². The van der Waals surface area contributed by atoms with Crippen LogP contribution in [0.25, 0.3) is 0 Å². The summed E-state index contributed by atoms with van der Waals surface area (Å²) < 4.78 is 12.5. The van der Waals surface area contributed by atoms with Gasteiger partial charge in [0.05, 0.1) is 6.61 Å². The van der Waals surface area contributed by atoms with Crippen molar-refractivity contribution >= 4 is 15.9 Å². The Labute approximate surface area is 133 Å². The number of rotatable bonds is 3. The molecule has 21 heavy (non-hydrogen) atoms. The predicted molar refractivity (Wildman–Crippen MR) is 86.2 cm³/mol. The SMILES string of the molecule is COCc1ccccc1C1CC(N)c2ccc(Br)cc2O1. The van der Waals surface area contributed by atoms with Gasteiger partial charge in [0.25, 0.3) is 0 Å². The Bertz CT molecular complexity index is 644. The lowest BCUT2D eigenvalue weighted by Gasteiger charge is -2.31. The van der Waals surface area contributed by atoms with Crippen LogP contribution in [-0.4, -0.2) is 7.11 Å². The minimum absolute atomic E-state index is 0.0116. The van der Waals surface area contributed by atoms with E-state index >= 15 is 0 Å². The van der Waals surface area contributed by atoms with Crippen molar-refractivity contribution in [2.45, 2.75) is 25.2 Å². The van der Waals surface area contributed by atoms with Gasteiger partial charge in [0.1, 0.15) is 11.9 Å². The fraction of sp³-hybridized carbons (Fsp3) is 0.294. The van der Waals surface area contributed by atoms with Crippen molar-refractivity contribution in [2.24, 2.45) is 5.73 Å². The van der Waals surface area contributed by atoms with E-state index in [2.05, 4.69) is 28.1 Å². The van der Waals surface area contributed by atoms with Crippen LogP contribution in [0.5, 0.6) is 5.75 Å². The molecule has 3 nitrogen and oxygen atoms in total. The standard InChI is InChI=1S/C17H18BrNO2/c1-20-10-11-4-2-3-5-13(11)17-9-15(19)14-7-6-12(18)8-16(14)21-17/h2-8,15,17H,9-10,19H2,1H3. The van der Waals surface area contributed by atoms with Crippen molar-refractivity contribution in [3.05, 3.63) is 63.6 Å². The zero-order valence-corrected chi connectivity index (χ0v) is 13.5. The van der Waals surface area contributed by atoms with E-state index in [0.29, 0.717) is 6.61 Å². The number of ether oxygens (including phenoxy) is 2. The van der Waals surface area contributed by atoms with Gasteiger partial charge in [-0.15, -0.1) is 0 Å². The molecule has 2 aromatic carbocycles. The topological polar surface area (TPSA) is 44.5 Å². The number of benzene rings is 2. The van der Waals surface area contributed by atoms with E-state index < -0.39 is 0 Å². The number of hydrogen-bond donors (Lipinski definition) is 1. The molecule has 0 spiro atoms. The average Bonchev–Trinajstić information content (AvgIpc) is 2.47. The minimum Gasteiger partial charge on any atom is -0.485 e. The lowest BCUT2D eigenvalue weighted by atomic mass is 9.91. The zero-order chi connectivity index (χ0) is 14.8. The third-order valence-corrected chi connectivity index (χ3v) is 4.31. The lowest BCUT2D eigenvalue weighted by molar-refractivity contribution is 0.151. The summed E-state index contributed by atoms with van der Waals surface area (Å²) in [4.78, 5) is 0. The summed E-state index contributed by atoms with van der Waals surface area (Å²) >= 11 is 3.49. The Morgan fingerprint density at radius 2 is 2.05 bits per heavy atom. The molecule has 1 aliphatic rings. The van der Waals surface area contributed by atoms with Gasteiger partial charge in [0.15, 0.2) is 0 Å². The second-order valence-electron chi connectivity index (χ2n) is 5.26. The molecule has 4 heteroatoms. The van der Waals surface area contributed by atoms with Crippen LogP contribution in [0.2, 0.25) is 0 Å². The van der Waals surface area contributed by atoms with Crippen molar-refractivity contribution in [1.29, 1.82) is 0 Å². The summed E-state index contributed by atoms with van der Waals surface area (Å²) in [6.45, 7) is 0.580. The normalized spacial score (nSPS) is 20.7. The molecule has 0 aliphatic carbocycles. The highest BCUT2D eigenvalue weighted by molar-refractivity contribution is 9.10. The van der Waals surface area contributed by atoms with Gasteiger partial charge in [-0.1, -0.05) is 46.3 Å². The molecule has 0 fully saturated rings. The maximum absolute atomic E-state index is 6.32. The van der Waals surface area contributed by atoms with Gasteiger partial charge in [0.2, 0.25) is 0 Å². The number of nitrogens with two attached hydrogens (primary N) is 1. The van der Waals surface area contributed by atoms with Crippen LogP contribution < -0.4 is 10.5 Å². The molecule has 2 aromatic rings. The van der Waals surface area contributed by atoms with Crippen molar-refractivity contribution in [3.8, 4) is 5.75 Å². The quantitative estimate of drug-likeness (QED) is 0.908. The molecule has 0 bridgehead atoms. The highest BCUT2D eigenvalue weighted by atomic mass is 79.9. The largest absolute Gasteiger partial charge is 0.485 e. The summed E-state index contributed by atoms with van der Waals surface area (Å²) in [6.07, 6.45) is 0.739. The summed E-state index contributed by atoms with van der Waals surface area (Å²) in [5, 5.41) is 0. The Morgan fingerprint density at radius 1 is 1.24 bits per heavy atom. The van der Waals surface area contributed by atoms with Crippen molar-refractivity contribution in [3.63, 3.8) is 0 Å². The van der Waals surface area contributed by atoms with E-state index in [1.807, 2.05) is 30.3 Å². The third kappa shape index (κ3) is 2.98. The zero-order valence-electron chi connectivity index (χ0n) is 11.9. The van der Waals surface area contributed by atoms with Crippen LogP contribution in [0, 0.1) is 0 Å². The van der Waals surface area contributed by atoms with Crippen molar-refractivity contribution in [1.82, 2.24) is 0 Å². The molecule has 1 aliphatic heterocycles. The minimum atomic E-state index is -0.0341. The van der Waals surface area contributed by atoms with Crippen LogP contribution in [-0.2, 0) is 11.3 Å². The van der Waals surface area contributed by atoms with Gasteiger partial charge >= 0.3 is 0 Å². The number of methoxy groups -OCH3 is 1. The highest BCUT2D eigenvalue weighted by Gasteiger charge is 2.28. The molecule has 0 amide bonds. The fourth-order valence-corrected chi connectivity index (χ4v) is 3.14. The lowest BCUT2D eigenvalue weighted by Crippen LogP contribution is -2.24. The molecule has 3 rings (SSSR count). The molecular weight excluding hydrogens is 330 g/mol. The first-order chi connectivity index (χ1) is 10.2. The molecule has 0 aromatic heterocycles. The first-order valence-electron chi connectivity index (χ1n) is 6.97. The molecule has 0 saturated carbocycles. The Hall–Kier alpha value is -1.36. The highest BCUT2D eigenvalue weighted by Crippen LogP contribution is 2.41. The van der Waals surface area contributed by atoms with Crippen LogP contribution in [0.3, 0.4) is 0 Å². The van der Waals surface area contributed by atoms with Gasteiger partial charge in [-0.2, -0.15) is 0 Å². The van der Waals surface area contributed by atoms with E-state index in [1.54, 1.807) is 7.11 Å². The number of fused-ring (bicyclic) bond motifs is 1.